The summed E-state index contributed by atoms with van der Waals surface area (Å²) < 4.78 is 32.0. The van der Waals surface area contributed by atoms with Crippen molar-refractivity contribution in [3.05, 3.63) is 54.1 Å². The van der Waals surface area contributed by atoms with Gasteiger partial charge < -0.3 is 14.0 Å². The lowest BCUT2D eigenvalue weighted by molar-refractivity contribution is 0.0748. The molecule has 0 radical (unpaired) electrons. The molecule has 0 aliphatic rings. The van der Waals surface area contributed by atoms with E-state index in [0.29, 0.717) is 11.3 Å². The topological polar surface area (TPSA) is 89.9 Å². The van der Waals surface area contributed by atoms with Crippen molar-refractivity contribution in [2.75, 3.05) is 19.5 Å². The lowest BCUT2D eigenvalue weighted by Crippen LogP contribution is -2.12. The third kappa shape index (κ3) is 5.08. The minimum Gasteiger partial charge on any atom is -0.491 e. The van der Waals surface area contributed by atoms with Crippen LogP contribution in [0.5, 0.6) is 5.75 Å². The average molecular weight is 336 g/mol. The quantitative estimate of drug-likeness (QED) is 0.810. The molecule has 7 heteroatoms. The van der Waals surface area contributed by atoms with Crippen molar-refractivity contribution in [2.24, 2.45) is 0 Å². The van der Waals surface area contributed by atoms with Gasteiger partial charge in [0.05, 0.1) is 18.4 Å². The molecule has 0 amide bonds. The first-order valence-electron chi connectivity index (χ1n) is 6.77. The van der Waals surface area contributed by atoms with E-state index in [1.54, 1.807) is 6.07 Å². The van der Waals surface area contributed by atoms with Crippen molar-refractivity contribution in [2.45, 2.75) is 0 Å². The second-order valence-electron chi connectivity index (χ2n) is 4.76. The van der Waals surface area contributed by atoms with Crippen LogP contribution in [0.25, 0.3) is 11.1 Å². The van der Waals surface area contributed by atoms with Gasteiger partial charge in [-0.2, -0.15) is 8.42 Å². The summed E-state index contributed by atoms with van der Waals surface area (Å²) in [4.78, 5) is 12.0. The van der Waals surface area contributed by atoms with Crippen molar-refractivity contribution in [3.63, 3.8) is 0 Å². The standard InChI is InChI=1S/C16H16O6S/c1-23(19,20)22-16(18)14-9-13(12-5-3-2-4-6-12)10-15(11-14)21-8-7-17/h2-6,9-11,17H,7-8H2,1H3. The maximum Gasteiger partial charge on any atom is 0.353 e. The summed E-state index contributed by atoms with van der Waals surface area (Å²) in [6.07, 6.45) is 0.801. The molecule has 0 saturated carbocycles. The molecule has 1 N–H and O–H groups in total. The molecule has 2 aromatic carbocycles. The zero-order chi connectivity index (χ0) is 16.9. The van der Waals surface area contributed by atoms with Crippen LogP contribution >= 0.6 is 0 Å². The molecule has 0 atom stereocenters. The van der Waals surface area contributed by atoms with E-state index in [1.807, 2.05) is 30.3 Å². The number of ether oxygens (including phenoxy) is 1. The largest absolute Gasteiger partial charge is 0.491 e. The number of aliphatic hydroxyl groups is 1. The van der Waals surface area contributed by atoms with Crippen LogP contribution in [0.1, 0.15) is 10.4 Å². The Hall–Kier alpha value is -2.38. The van der Waals surface area contributed by atoms with E-state index in [2.05, 4.69) is 4.18 Å². The van der Waals surface area contributed by atoms with Crippen LogP contribution in [0.3, 0.4) is 0 Å². The van der Waals surface area contributed by atoms with E-state index < -0.39 is 16.1 Å². The summed E-state index contributed by atoms with van der Waals surface area (Å²) in [6, 6.07) is 13.8. The van der Waals surface area contributed by atoms with Gasteiger partial charge in [0.25, 0.3) is 0 Å². The number of hydrogen-bond donors (Lipinski definition) is 1. The van der Waals surface area contributed by atoms with Crippen molar-refractivity contribution in [1.82, 2.24) is 0 Å². The second-order valence-corrected chi connectivity index (χ2v) is 6.33. The predicted molar refractivity (Wildman–Crippen MR) is 84.7 cm³/mol. The fourth-order valence-electron chi connectivity index (χ4n) is 1.95. The molecule has 23 heavy (non-hydrogen) atoms. The summed E-state index contributed by atoms with van der Waals surface area (Å²) in [6.45, 7) is -0.127. The van der Waals surface area contributed by atoms with Gasteiger partial charge in [0, 0.05) is 0 Å². The fraction of sp³-hybridized carbons (Fsp3) is 0.188. The highest BCUT2D eigenvalue weighted by atomic mass is 32.2. The first-order valence-corrected chi connectivity index (χ1v) is 8.58. The van der Waals surface area contributed by atoms with Gasteiger partial charge in [-0.15, -0.1) is 0 Å². The number of carbonyl (C=O) groups excluding carboxylic acids is 1. The zero-order valence-corrected chi connectivity index (χ0v) is 13.2. The number of hydrogen-bond acceptors (Lipinski definition) is 6. The number of benzene rings is 2. The molecule has 6 nitrogen and oxygen atoms in total. The third-order valence-electron chi connectivity index (χ3n) is 2.84. The molecular formula is C16H16O6S. The first-order chi connectivity index (χ1) is 10.9. The Kier molecular flexibility index (Phi) is 5.36. The molecule has 2 aromatic rings. The van der Waals surface area contributed by atoms with Crippen molar-refractivity contribution in [1.29, 1.82) is 0 Å². The fourth-order valence-corrected chi connectivity index (χ4v) is 2.32. The Morgan fingerprint density at radius 2 is 1.78 bits per heavy atom. The van der Waals surface area contributed by atoms with Crippen LogP contribution in [0.4, 0.5) is 0 Å². The molecule has 2 rings (SSSR count). The highest BCUT2D eigenvalue weighted by molar-refractivity contribution is 7.86. The predicted octanol–water partition coefficient (Wildman–Crippen LogP) is 1.84. The first kappa shape index (κ1) is 17.0. The van der Waals surface area contributed by atoms with Gasteiger partial charge in [0.15, 0.2) is 0 Å². The Bertz CT molecular complexity index is 783. The Morgan fingerprint density at radius 3 is 2.39 bits per heavy atom. The van der Waals surface area contributed by atoms with Crippen LogP contribution in [0.2, 0.25) is 0 Å². The summed E-state index contributed by atoms with van der Waals surface area (Å²) >= 11 is 0. The van der Waals surface area contributed by atoms with Crippen LogP contribution in [-0.4, -0.2) is 39.0 Å². The number of rotatable bonds is 6. The summed E-state index contributed by atoms with van der Waals surface area (Å²) in [5, 5.41) is 8.85. The molecular weight excluding hydrogens is 320 g/mol. The van der Waals surface area contributed by atoms with Gasteiger partial charge in [0.2, 0.25) is 0 Å². The number of aliphatic hydroxyl groups excluding tert-OH is 1. The van der Waals surface area contributed by atoms with Crippen molar-refractivity contribution < 1.29 is 27.2 Å². The van der Waals surface area contributed by atoms with E-state index >= 15 is 0 Å². The van der Waals surface area contributed by atoms with E-state index in [0.717, 1.165) is 11.8 Å². The summed E-state index contributed by atoms with van der Waals surface area (Å²) in [5.41, 5.74) is 1.54. The van der Waals surface area contributed by atoms with Crippen LogP contribution < -0.4 is 4.74 Å². The molecule has 0 heterocycles. The molecule has 0 fully saturated rings. The molecule has 0 unspecified atom stereocenters. The molecule has 0 bridgehead atoms. The maximum atomic E-state index is 12.0. The van der Waals surface area contributed by atoms with Gasteiger partial charge in [-0.3, -0.25) is 0 Å². The van der Waals surface area contributed by atoms with Gasteiger partial charge in [0.1, 0.15) is 12.4 Å². The Labute approximate surface area is 134 Å². The van der Waals surface area contributed by atoms with E-state index in [9.17, 15) is 13.2 Å². The van der Waals surface area contributed by atoms with Gasteiger partial charge in [-0.1, -0.05) is 30.3 Å². The molecule has 0 saturated heterocycles. The van der Waals surface area contributed by atoms with E-state index in [1.165, 1.54) is 12.1 Å². The SMILES string of the molecule is CS(=O)(=O)OC(=O)c1cc(OCCO)cc(-c2ccccc2)c1. The van der Waals surface area contributed by atoms with E-state index in [4.69, 9.17) is 9.84 Å². The smallest absolute Gasteiger partial charge is 0.353 e. The normalized spacial score (nSPS) is 11.0. The average Bonchev–Trinajstić information content (AvgIpc) is 2.52. The highest BCUT2D eigenvalue weighted by Crippen LogP contribution is 2.26. The van der Waals surface area contributed by atoms with Crippen molar-refractivity contribution in [3.8, 4) is 16.9 Å². The minimum atomic E-state index is -3.91. The molecule has 0 spiro atoms. The van der Waals surface area contributed by atoms with Gasteiger partial charge in [-0.25, -0.2) is 4.79 Å². The lowest BCUT2D eigenvalue weighted by Gasteiger charge is -2.10. The maximum absolute atomic E-state index is 12.0. The van der Waals surface area contributed by atoms with Gasteiger partial charge >= 0.3 is 16.1 Å². The third-order valence-corrected chi connectivity index (χ3v) is 3.29. The zero-order valence-electron chi connectivity index (χ0n) is 12.4. The van der Waals surface area contributed by atoms with Crippen molar-refractivity contribution >= 4 is 16.1 Å². The summed E-state index contributed by atoms with van der Waals surface area (Å²) in [7, 11) is -3.91. The van der Waals surface area contributed by atoms with Crippen LogP contribution in [0, 0.1) is 0 Å². The van der Waals surface area contributed by atoms with Gasteiger partial charge in [-0.05, 0) is 29.3 Å². The minimum absolute atomic E-state index is 0.0460. The lowest BCUT2D eigenvalue weighted by atomic mass is 10.0. The van der Waals surface area contributed by atoms with Crippen LogP contribution in [-0.2, 0) is 14.3 Å². The highest BCUT2D eigenvalue weighted by Gasteiger charge is 2.16. The molecule has 122 valence electrons. The Morgan fingerprint density at radius 1 is 1.09 bits per heavy atom. The molecule has 0 aromatic heterocycles. The number of carbonyl (C=O) groups is 1. The molecule has 0 aliphatic heterocycles. The Balaban J connectivity index is 2.43. The van der Waals surface area contributed by atoms with E-state index in [-0.39, 0.29) is 18.8 Å². The van der Waals surface area contributed by atoms with Crippen LogP contribution in [0.15, 0.2) is 48.5 Å². The molecule has 0 aliphatic carbocycles. The second kappa shape index (κ2) is 7.26. The summed E-state index contributed by atoms with van der Waals surface area (Å²) in [5.74, 6) is -0.653. The monoisotopic (exact) mass is 336 g/mol.